The summed E-state index contributed by atoms with van der Waals surface area (Å²) in [5.74, 6) is -0.385. The zero-order valence-corrected chi connectivity index (χ0v) is 13.0. The molecule has 22 heavy (non-hydrogen) atoms. The molecule has 0 amide bonds. The largest absolute Gasteiger partial charge is 0.456 e. The van der Waals surface area contributed by atoms with Crippen molar-refractivity contribution in [2.45, 2.75) is 20.5 Å². The number of hydrogen-bond acceptors (Lipinski definition) is 6. The molecule has 0 N–H and O–H groups in total. The summed E-state index contributed by atoms with van der Waals surface area (Å²) < 4.78 is 7.01. The molecule has 0 aliphatic heterocycles. The number of rotatable bonds is 4. The zero-order valence-electron chi connectivity index (χ0n) is 12.2. The molecular weight excluding hydrogens is 300 g/mol. The number of nitrogens with zero attached hydrogens (tertiary/aromatic N) is 4. The van der Waals surface area contributed by atoms with Crippen LogP contribution in [0.3, 0.4) is 0 Å². The monoisotopic (exact) mass is 314 g/mol. The smallest absolute Gasteiger partial charge is 0.341 e. The minimum Gasteiger partial charge on any atom is -0.456 e. The summed E-state index contributed by atoms with van der Waals surface area (Å²) in [7, 11) is 0. The average Bonchev–Trinajstić information content (AvgIpc) is 3.12. The molecule has 0 aliphatic carbocycles. The number of aryl methyl sites for hydroxylation is 1. The van der Waals surface area contributed by atoms with Gasteiger partial charge in [0.15, 0.2) is 0 Å². The van der Waals surface area contributed by atoms with E-state index in [0.29, 0.717) is 5.56 Å². The Morgan fingerprint density at radius 1 is 1.27 bits per heavy atom. The number of pyridine rings is 1. The van der Waals surface area contributed by atoms with E-state index in [1.807, 2.05) is 26.0 Å². The Hall–Kier alpha value is -2.54. The lowest BCUT2D eigenvalue weighted by Gasteiger charge is -2.05. The number of ether oxygens (including phenoxy) is 1. The Morgan fingerprint density at radius 2 is 2.05 bits per heavy atom. The van der Waals surface area contributed by atoms with Crippen LogP contribution in [0.5, 0.6) is 0 Å². The summed E-state index contributed by atoms with van der Waals surface area (Å²) in [5.41, 5.74) is 2.04. The molecule has 0 atom stereocenters. The lowest BCUT2D eigenvalue weighted by Crippen LogP contribution is -2.07. The molecule has 0 bridgehead atoms. The van der Waals surface area contributed by atoms with Gasteiger partial charge in [-0.15, -0.1) is 11.3 Å². The number of hydrogen-bond donors (Lipinski definition) is 0. The van der Waals surface area contributed by atoms with E-state index >= 15 is 0 Å². The van der Waals surface area contributed by atoms with E-state index in [4.69, 9.17) is 4.74 Å². The first kappa shape index (κ1) is 14.4. The van der Waals surface area contributed by atoms with Gasteiger partial charge in [-0.3, -0.25) is 4.98 Å². The zero-order chi connectivity index (χ0) is 15.5. The lowest BCUT2D eigenvalue weighted by molar-refractivity contribution is 0.0475. The van der Waals surface area contributed by atoms with Gasteiger partial charge >= 0.3 is 5.97 Å². The van der Waals surface area contributed by atoms with Crippen molar-refractivity contribution in [3.63, 3.8) is 0 Å². The summed E-state index contributed by atoms with van der Waals surface area (Å²) in [4.78, 5) is 21.2. The van der Waals surface area contributed by atoms with Crippen LogP contribution < -0.4 is 0 Å². The summed E-state index contributed by atoms with van der Waals surface area (Å²) in [5, 5.41) is 5.20. The highest BCUT2D eigenvalue weighted by Gasteiger charge is 2.16. The van der Waals surface area contributed by atoms with Crippen LogP contribution in [0.1, 0.15) is 25.9 Å². The molecule has 0 aromatic carbocycles. The Morgan fingerprint density at radius 3 is 2.73 bits per heavy atom. The molecular formula is C15H14N4O2S. The van der Waals surface area contributed by atoms with E-state index in [9.17, 15) is 4.79 Å². The van der Waals surface area contributed by atoms with E-state index in [0.717, 1.165) is 21.3 Å². The third-order valence-corrected chi connectivity index (χ3v) is 4.04. The van der Waals surface area contributed by atoms with Crippen LogP contribution in [0.15, 0.2) is 36.9 Å². The van der Waals surface area contributed by atoms with Gasteiger partial charge in [0.05, 0.1) is 27.5 Å². The first-order valence-corrected chi connectivity index (χ1v) is 7.50. The van der Waals surface area contributed by atoms with Crippen LogP contribution in [0, 0.1) is 13.8 Å². The maximum atomic E-state index is 12.2. The maximum absolute atomic E-state index is 12.2. The fraction of sp³-hybridized carbons (Fsp3) is 0.200. The predicted molar refractivity (Wildman–Crippen MR) is 82.1 cm³/mol. The van der Waals surface area contributed by atoms with Crippen molar-refractivity contribution in [3.8, 4) is 5.69 Å². The lowest BCUT2D eigenvalue weighted by atomic mass is 10.2. The van der Waals surface area contributed by atoms with Crippen molar-refractivity contribution in [2.24, 2.45) is 0 Å². The highest BCUT2D eigenvalue weighted by Crippen LogP contribution is 2.17. The number of carbonyl (C=O) groups excluding carboxylic acids is 1. The summed E-state index contributed by atoms with van der Waals surface area (Å²) in [6.45, 7) is 3.98. The summed E-state index contributed by atoms with van der Waals surface area (Å²) in [6, 6.07) is 3.66. The van der Waals surface area contributed by atoms with E-state index in [1.54, 1.807) is 23.3 Å². The van der Waals surface area contributed by atoms with Gasteiger partial charge < -0.3 is 4.74 Å². The fourth-order valence-electron chi connectivity index (χ4n) is 2.04. The quantitative estimate of drug-likeness (QED) is 0.692. The molecule has 0 saturated heterocycles. The average molecular weight is 314 g/mol. The molecule has 0 saturated carbocycles. The van der Waals surface area contributed by atoms with E-state index in [-0.39, 0.29) is 12.6 Å². The van der Waals surface area contributed by atoms with Crippen molar-refractivity contribution in [1.29, 1.82) is 0 Å². The van der Waals surface area contributed by atoms with Crippen LogP contribution in [-0.4, -0.2) is 25.7 Å². The first-order valence-electron chi connectivity index (χ1n) is 6.68. The molecule has 0 aliphatic rings. The van der Waals surface area contributed by atoms with Gasteiger partial charge in [0.2, 0.25) is 0 Å². The first-order chi connectivity index (χ1) is 10.6. The van der Waals surface area contributed by atoms with Crippen molar-refractivity contribution in [3.05, 3.63) is 58.1 Å². The van der Waals surface area contributed by atoms with Gasteiger partial charge in [-0.05, 0) is 26.0 Å². The molecule has 0 unspecified atom stereocenters. The molecule has 0 spiro atoms. The second-order valence-electron chi connectivity index (χ2n) is 4.68. The second kappa shape index (κ2) is 6.07. The van der Waals surface area contributed by atoms with Crippen LogP contribution in [0.4, 0.5) is 0 Å². The van der Waals surface area contributed by atoms with E-state index < -0.39 is 0 Å². The van der Waals surface area contributed by atoms with Gasteiger partial charge in [0.25, 0.3) is 0 Å². The molecule has 7 heteroatoms. The highest BCUT2D eigenvalue weighted by atomic mass is 32.1. The second-order valence-corrected chi connectivity index (χ2v) is 6.00. The van der Waals surface area contributed by atoms with Gasteiger partial charge in [-0.2, -0.15) is 5.10 Å². The van der Waals surface area contributed by atoms with Crippen LogP contribution in [0.25, 0.3) is 5.69 Å². The predicted octanol–water partition coefficient (Wildman–Crippen LogP) is 2.70. The molecule has 3 heterocycles. The van der Waals surface area contributed by atoms with Crippen molar-refractivity contribution >= 4 is 17.3 Å². The highest BCUT2D eigenvalue weighted by molar-refractivity contribution is 7.11. The third-order valence-electron chi connectivity index (χ3n) is 3.15. The maximum Gasteiger partial charge on any atom is 0.341 e. The van der Waals surface area contributed by atoms with Crippen LogP contribution in [0.2, 0.25) is 0 Å². The molecule has 0 fully saturated rings. The molecule has 112 valence electrons. The molecule has 3 aromatic heterocycles. The van der Waals surface area contributed by atoms with Gasteiger partial charge in [-0.1, -0.05) is 0 Å². The van der Waals surface area contributed by atoms with Crippen LogP contribution >= 0.6 is 11.3 Å². The van der Waals surface area contributed by atoms with Crippen LogP contribution in [-0.2, 0) is 11.3 Å². The summed E-state index contributed by atoms with van der Waals surface area (Å²) in [6.07, 6.45) is 6.61. The number of esters is 1. The molecule has 6 nitrogen and oxygen atoms in total. The Bertz CT molecular complexity index is 795. The van der Waals surface area contributed by atoms with E-state index in [2.05, 4.69) is 15.1 Å². The minimum absolute atomic E-state index is 0.226. The minimum atomic E-state index is -0.385. The van der Waals surface area contributed by atoms with Gasteiger partial charge in [-0.25, -0.2) is 14.5 Å². The number of thiazole rings is 1. The molecule has 0 radical (unpaired) electrons. The van der Waals surface area contributed by atoms with Crippen molar-refractivity contribution < 1.29 is 9.53 Å². The fourth-order valence-corrected chi connectivity index (χ4v) is 2.75. The Kier molecular flexibility index (Phi) is 3.97. The Labute approximate surface area is 131 Å². The Balaban J connectivity index is 1.75. The normalized spacial score (nSPS) is 10.6. The topological polar surface area (TPSA) is 69.9 Å². The number of carbonyl (C=O) groups is 1. The number of aromatic nitrogens is 4. The van der Waals surface area contributed by atoms with E-state index in [1.165, 1.54) is 17.5 Å². The SMILES string of the molecule is Cc1ncc(COC(=O)c2cnn(-c3ccncc3)c2C)s1. The molecule has 3 rings (SSSR count). The van der Waals surface area contributed by atoms with Crippen molar-refractivity contribution in [2.75, 3.05) is 0 Å². The van der Waals surface area contributed by atoms with Crippen molar-refractivity contribution in [1.82, 2.24) is 19.7 Å². The standard InChI is InChI=1S/C15H14N4O2S/c1-10-14(8-18-19(10)12-3-5-16-6-4-12)15(20)21-9-13-7-17-11(2)22-13/h3-8H,9H2,1-2H3. The third kappa shape index (κ3) is 2.89. The summed E-state index contributed by atoms with van der Waals surface area (Å²) >= 11 is 1.52. The molecule has 3 aromatic rings. The van der Waals surface area contributed by atoms with Gasteiger partial charge in [0.1, 0.15) is 12.2 Å². The van der Waals surface area contributed by atoms with Gasteiger partial charge in [0, 0.05) is 18.6 Å².